The van der Waals surface area contributed by atoms with Crippen molar-refractivity contribution in [1.29, 1.82) is 0 Å². The van der Waals surface area contributed by atoms with E-state index < -0.39 is 4.92 Å². The number of hydrogen-bond acceptors (Lipinski definition) is 4. The van der Waals surface area contributed by atoms with Crippen molar-refractivity contribution in [3.05, 3.63) is 34.4 Å². The molecule has 1 aromatic carbocycles. The number of nitrogens with zero attached hydrogens (tertiary/aromatic N) is 1. The average molecular weight is 250 g/mol. The molecule has 0 spiro atoms. The summed E-state index contributed by atoms with van der Waals surface area (Å²) in [7, 11) is 0. The van der Waals surface area contributed by atoms with Gasteiger partial charge in [0.05, 0.1) is 11.0 Å². The Morgan fingerprint density at radius 1 is 1.28 bits per heavy atom. The molecule has 0 amide bonds. The topological polar surface area (TPSA) is 75.4 Å². The first kappa shape index (κ1) is 12.8. The molecule has 1 aromatic rings. The summed E-state index contributed by atoms with van der Waals surface area (Å²) in [5.41, 5.74) is 0.955. The van der Waals surface area contributed by atoms with E-state index >= 15 is 0 Å². The summed E-state index contributed by atoms with van der Waals surface area (Å²) < 4.78 is 0. The van der Waals surface area contributed by atoms with Gasteiger partial charge in [-0.2, -0.15) is 0 Å². The van der Waals surface area contributed by atoms with E-state index in [9.17, 15) is 15.2 Å². The maximum absolute atomic E-state index is 10.5. The SMILES string of the molecule is O=[N+]([O-])c1ccc(NCC2CCCCC2O)cc1. The van der Waals surface area contributed by atoms with Gasteiger partial charge in [0.1, 0.15) is 0 Å². The molecule has 1 aliphatic rings. The lowest BCUT2D eigenvalue weighted by Crippen LogP contribution is -2.30. The summed E-state index contributed by atoms with van der Waals surface area (Å²) in [5.74, 6) is 0.286. The van der Waals surface area contributed by atoms with Crippen LogP contribution in [0.4, 0.5) is 11.4 Å². The van der Waals surface area contributed by atoms with Gasteiger partial charge in [0.2, 0.25) is 0 Å². The number of aliphatic hydroxyl groups is 1. The van der Waals surface area contributed by atoms with Gasteiger partial charge in [0.15, 0.2) is 0 Å². The van der Waals surface area contributed by atoms with Gasteiger partial charge < -0.3 is 10.4 Å². The normalized spacial score (nSPS) is 23.6. The van der Waals surface area contributed by atoms with Crippen LogP contribution in [0.25, 0.3) is 0 Å². The summed E-state index contributed by atoms with van der Waals surface area (Å²) in [6, 6.07) is 6.37. The minimum atomic E-state index is -0.408. The van der Waals surface area contributed by atoms with E-state index in [2.05, 4.69) is 5.32 Å². The first-order valence-corrected chi connectivity index (χ1v) is 6.33. The van der Waals surface area contributed by atoms with E-state index in [1.807, 2.05) is 0 Å². The maximum Gasteiger partial charge on any atom is 0.269 e. The van der Waals surface area contributed by atoms with Crippen molar-refractivity contribution in [1.82, 2.24) is 0 Å². The van der Waals surface area contributed by atoms with E-state index in [0.29, 0.717) is 0 Å². The van der Waals surface area contributed by atoms with Crippen LogP contribution in [0.15, 0.2) is 24.3 Å². The van der Waals surface area contributed by atoms with Crippen molar-refractivity contribution in [3.8, 4) is 0 Å². The number of non-ortho nitro benzene ring substituents is 1. The predicted molar refractivity (Wildman–Crippen MR) is 69.6 cm³/mol. The number of benzene rings is 1. The molecule has 0 saturated heterocycles. The fourth-order valence-electron chi connectivity index (χ4n) is 2.38. The van der Waals surface area contributed by atoms with Gasteiger partial charge >= 0.3 is 0 Å². The molecule has 1 fully saturated rings. The lowest BCUT2D eigenvalue weighted by molar-refractivity contribution is -0.384. The average Bonchev–Trinajstić information content (AvgIpc) is 2.38. The molecular formula is C13H18N2O3. The third-order valence-electron chi connectivity index (χ3n) is 3.52. The van der Waals surface area contributed by atoms with Gasteiger partial charge in [-0.3, -0.25) is 10.1 Å². The third-order valence-corrected chi connectivity index (χ3v) is 3.52. The summed E-state index contributed by atoms with van der Waals surface area (Å²) >= 11 is 0. The van der Waals surface area contributed by atoms with Gasteiger partial charge in [-0.25, -0.2) is 0 Å². The Labute approximate surface area is 106 Å². The summed E-state index contributed by atoms with van der Waals surface area (Å²) in [6.07, 6.45) is 3.98. The zero-order chi connectivity index (χ0) is 13.0. The Morgan fingerprint density at radius 3 is 2.56 bits per heavy atom. The number of hydrogen-bond donors (Lipinski definition) is 2. The third kappa shape index (κ3) is 3.20. The molecule has 0 heterocycles. The standard InChI is InChI=1S/C13H18N2O3/c16-13-4-2-1-3-10(13)9-14-11-5-7-12(8-6-11)15(17)18/h5-8,10,13-14,16H,1-4,9H2. The van der Waals surface area contributed by atoms with Crippen molar-refractivity contribution < 1.29 is 10.0 Å². The lowest BCUT2D eigenvalue weighted by Gasteiger charge is -2.27. The number of anilines is 1. The quantitative estimate of drug-likeness (QED) is 0.636. The smallest absolute Gasteiger partial charge is 0.269 e. The zero-order valence-corrected chi connectivity index (χ0v) is 10.2. The number of rotatable bonds is 4. The summed E-state index contributed by atoms with van der Waals surface area (Å²) in [6.45, 7) is 0.721. The molecule has 0 bridgehead atoms. The van der Waals surface area contributed by atoms with E-state index in [4.69, 9.17) is 0 Å². The Kier molecular flexibility index (Phi) is 4.15. The van der Waals surface area contributed by atoms with E-state index in [1.54, 1.807) is 12.1 Å². The van der Waals surface area contributed by atoms with E-state index in [0.717, 1.165) is 31.5 Å². The molecule has 5 heteroatoms. The predicted octanol–water partition coefficient (Wildman–Crippen LogP) is 2.56. The molecule has 0 radical (unpaired) electrons. The minimum Gasteiger partial charge on any atom is -0.393 e. The summed E-state index contributed by atoms with van der Waals surface area (Å²) in [4.78, 5) is 10.1. The highest BCUT2D eigenvalue weighted by molar-refractivity contribution is 5.48. The van der Waals surface area contributed by atoms with Crippen molar-refractivity contribution in [2.24, 2.45) is 5.92 Å². The summed E-state index contributed by atoms with van der Waals surface area (Å²) in [5, 5.41) is 23.6. The van der Waals surface area contributed by atoms with Crippen molar-refractivity contribution in [3.63, 3.8) is 0 Å². The van der Waals surface area contributed by atoms with E-state index in [-0.39, 0.29) is 17.7 Å². The first-order chi connectivity index (χ1) is 8.66. The Hall–Kier alpha value is -1.62. The molecular weight excluding hydrogens is 232 g/mol. The Bertz CT molecular complexity index is 405. The number of nitrogens with one attached hydrogen (secondary N) is 1. The van der Waals surface area contributed by atoms with Crippen LogP contribution < -0.4 is 5.32 Å². The van der Waals surface area contributed by atoms with Gasteiger partial charge in [-0.05, 0) is 25.0 Å². The molecule has 1 saturated carbocycles. The second-order valence-electron chi connectivity index (χ2n) is 4.80. The Balaban J connectivity index is 1.87. The maximum atomic E-state index is 10.5. The van der Waals surface area contributed by atoms with Crippen LogP contribution in [0, 0.1) is 16.0 Å². The van der Waals surface area contributed by atoms with Gasteiger partial charge in [-0.15, -0.1) is 0 Å². The van der Waals surface area contributed by atoms with Crippen LogP contribution in [-0.4, -0.2) is 22.7 Å². The number of aliphatic hydroxyl groups excluding tert-OH is 1. The van der Waals surface area contributed by atoms with Crippen LogP contribution in [0.1, 0.15) is 25.7 Å². The van der Waals surface area contributed by atoms with Crippen LogP contribution in [-0.2, 0) is 0 Å². The molecule has 2 rings (SSSR count). The number of nitro groups is 1. The Morgan fingerprint density at radius 2 is 1.94 bits per heavy atom. The minimum absolute atomic E-state index is 0.0956. The van der Waals surface area contributed by atoms with Crippen LogP contribution in [0.2, 0.25) is 0 Å². The molecule has 2 atom stereocenters. The zero-order valence-electron chi connectivity index (χ0n) is 10.2. The fraction of sp³-hybridized carbons (Fsp3) is 0.538. The van der Waals surface area contributed by atoms with Crippen LogP contribution in [0.3, 0.4) is 0 Å². The molecule has 0 aromatic heterocycles. The highest BCUT2D eigenvalue weighted by Gasteiger charge is 2.22. The second kappa shape index (κ2) is 5.82. The molecule has 0 aliphatic heterocycles. The monoisotopic (exact) mass is 250 g/mol. The number of nitro benzene ring substituents is 1. The van der Waals surface area contributed by atoms with Crippen molar-refractivity contribution in [2.75, 3.05) is 11.9 Å². The van der Waals surface area contributed by atoms with Crippen molar-refractivity contribution >= 4 is 11.4 Å². The highest BCUT2D eigenvalue weighted by atomic mass is 16.6. The first-order valence-electron chi connectivity index (χ1n) is 6.33. The van der Waals surface area contributed by atoms with Gasteiger partial charge in [-0.1, -0.05) is 12.8 Å². The molecule has 18 heavy (non-hydrogen) atoms. The molecule has 98 valence electrons. The van der Waals surface area contributed by atoms with E-state index in [1.165, 1.54) is 18.6 Å². The fourth-order valence-corrected chi connectivity index (χ4v) is 2.38. The second-order valence-corrected chi connectivity index (χ2v) is 4.80. The molecule has 2 unspecified atom stereocenters. The molecule has 2 N–H and O–H groups in total. The van der Waals surface area contributed by atoms with Crippen molar-refractivity contribution in [2.45, 2.75) is 31.8 Å². The highest BCUT2D eigenvalue weighted by Crippen LogP contribution is 2.25. The van der Waals surface area contributed by atoms with Gasteiger partial charge in [0, 0.05) is 30.3 Å². The van der Waals surface area contributed by atoms with Crippen LogP contribution >= 0.6 is 0 Å². The van der Waals surface area contributed by atoms with Gasteiger partial charge in [0.25, 0.3) is 5.69 Å². The van der Waals surface area contributed by atoms with Crippen LogP contribution in [0.5, 0.6) is 0 Å². The molecule has 5 nitrogen and oxygen atoms in total. The molecule has 1 aliphatic carbocycles. The lowest BCUT2D eigenvalue weighted by atomic mass is 9.86. The largest absolute Gasteiger partial charge is 0.393 e.